The molecule has 2 aliphatic carbocycles. The molecular formula is C15H27NO2. The fraction of sp³-hybridized carbons (Fsp3) is 1.00. The fourth-order valence-corrected chi connectivity index (χ4v) is 3.92. The molecule has 2 saturated carbocycles. The molecule has 3 nitrogen and oxygen atoms in total. The summed E-state index contributed by atoms with van der Waals surface area (Å²) in [4.78, 5) is 0. The van der Waals surface area contributed by atoms with Crippen LogP contribution in [0.1, 0.15) is 57.8 Å². The van der Waals surface area contributed by atoms with E-state index < -0.39 is 0 Å². The maximum Gasteiger partial charge on any atom is 0.0708 e. The summed E-state index contributed by atoms with van der Waals surface area (Å²) in [6.07, 6.45) is 11.6. The van der Waals surface area contributed by atoms with Gasteiger partial charge in [0.15, 0.2) is 0 Å². The summed E-state index contributed by atoms with van der Waals surface area (Å²) in [5, 5.41) is 12.8. The van der Waals surface area contributed by atoms with E-state index in [0.29, 0.717) is 12.0 Å². The van der Waals surface area contributed by atoms with E-state index in [-0.39, 0.29) is 11.7 Å². The van der Waals surface area contributed by atoms with Crippen LogP contribution in [-0.4, -0.2) is 36.0 Å². The standard InChI is InChI=1S/C15H27NO2/c17-13-8-12(9-13)10-16-11-14-4-7-15(18-14)5-2-1-3-6-15/h12-14,16-17H,1-11H2. The number of aliphatic hydroxyl groups is 1. The molecular weight excluding hydrogens is 226 g/mol. The van der Waals surface area contributed by atoms with Crippen LogP contribution in [0.25, 0.3) is 0 Å². The zero-order chi connectivity index (χ0) is 12.4. The van der Waals surface area contributed by atoms with Crippen LogP contribution in [0.15, 0.2) is 0 Å². The summed E-state index contributed by atoms with van der Waals surface area (Å²) in [7, 11) is 0. The van der Waals surface area contributed by atoms with Gasteiger partial charge in [-0.05, 0) is 51.0 Å². The molecule has 0 radical (unpaired) electrons. The molecule has 1 atom stereocenters. The lowest BCUT2D eigenvalue weighted by Crippen LogP contribution is -2.39. The molecule has 3 aliphatic rings. The first-order valence-electron chi connectivity index (χ1n) is 7.82. The molecule has 3 heteroatoms. The molecule has 0 aromatic carbocycles. The largest absolute Gasteiger partial charge is 0.393 e. The lowest BCUT2D eigenvalue weighted by molar-refractivity contribution is -0.0629. The van der Waals surface area contributed by atoms with Gasteiger partial charge in [0.05, 0.1) is 17.8 Å². The summed E-state index contributed by atoms with van der Waals surface area (Å²) in [5.74, 6) is 0.699. The van der Waals surface area contributed by atoms with E-state index in [2.05, 4.69) is 5.32 Å². The van der Waals surface area contributed by atoms with Gasteiger partial charge in [0.1, 0.15) is 0 Å². The second-order valence-corrected chi connectivity index (χ2v) is 6.67. The minimum Gasteiger partial charge on any atom is -0.393 e. The van der Waals surface area contributed by atoms with Gasteiger partial charge >= 0.3 is 0 Å². The number of hydrogen-bond acceptors (Lipinski definition) is 3. The predicted molar refractivity (Wildman–Crippen MR) is 71.5 cm³/mol. The average Bonchev–Trinajstić information content (AvgIpc) is 2.71. The van der Waals surface area contributed by atoms with Crippen molar-refractivity contribution in [2.75, 3.05) is 13.1 Å². The third-order valence-corrected chi connectivity index (χ3v) is 5.12. The van der Waals surface area contributed by atoms with Gasteiger partial charge in [-0.25, -0.2) is 0 Å². The molecule has 1 aliphatic heterocycles. The van der Waals surface area contributed by atoms with Crippen LogP contribution in [0.3, 0.4) is 0 Å². The molecule has 0 aromatic heterocycles. The Morgan fingerprint density at radius 1 is 1.06 bits per heavy atom. The Kier molecular flexibility index (Phi) is 3.92. The second-order valence-electron chi connectivity index (χ2n) is 6.67. The third kappa shape index (κ3) is 2.89. The minimum atomic E-state index is -0.0231. The molecule has 3 rings (SSSR count). The number of aliphatic hydroxyl groups excluding tert-OH is 1. The third-order valence-electron chi connectivity index (χ3n) is 5.12. The molecule has 1 unspecified atom stereocenters. The monoisotopic (exact) mass is 253 g/mol. The molecule has 104 valence electrons. The minimum absolute atomic E-state index is 0.0231. The lowest BCUT2D eigenvalue weighted by Gasteiger charge is -2.34. The molecule has 18 heavy (non-hydrogen) atoms. The maximum absolute atomic E-state index is 9.24. The zero-order valence-electron chi connectivity index (χ0n) is 11.4. The number of rotatable bonds is 4. The predicted octanol–water partition coefficient (Wildman–Crippen LogP) is 2.23. The van der Waals surface area contributed by atoms with E-state index in [9.17, 15) is 5.11 Å². The summed E-state index contributed by atoms with van der Waals surface area (Å²) in [6, 6.07) is 0. The quantitative estimate of drug-likeness (QED) is 0.807. The Morgan fingerprint density at radius 2 is 1.83 bits per heavy atom. The molecule has 0 bridgehead atoms. The van der Waals surface area contributed by atoms with E-state index in [4.69, 9.17) is 4.74 Å². The van der Waals surface area contributed by atoms with Crippen molar-refractivity contribution in [2.24, 2.45) is 5.92 Å². The summed E-state index contributed by atoms with van der Waals surface area (Å²) < 4.78 is 6.33. The van der Waals surface area contributed by atoms with Gasteiger partial charge in [-0.2, -0.15) is 0 Å². The number of nitrogens with one attached hydrogen (secondary N) is 1. The number of hydrogen-bond donors (Lipinski definition) is 2. The van der Waals surface area contributed by atoms with E-state index in [1.54, 1.807) is 0 Å². The average molecular weight is 253 g/mol. The molecule has 1 spiro atoms. The van der Waals surface area contributed by atoms with Crippen LogP contribution in [-0.2, 0) is 4.74 Å². The first-order chi connectivity index (χ1) is 8.76. The van der Waals surface area contributed by atoms with Crippen molar-refractivity contribution >= 4 is 0 Å². The van der Waals surface area contributed by atoms with Crippen molar-refractivity contribution in [1.82, 2.24) is 5.32 Å². The van der Waals surface area contributed by atoms with Crippen LogP contribution in [0, 0.1) is 5.92 Å². The Hall–Kier alpha value is -0.120. The van der Waals surface area contributed by atoms with Gasteiger partial charge in [0.2, 0.25) is 0 Å². The highest BCUT2D eigenvalue weighted by Crippen LogP contribution is 2.41. The Bertz CT molecular complexity index is 270. The lowest BCUT2D eigenvalue weighted by atomic mass is 9.82. The van der Waals surface area contributed by atoms with Crippen molar-refractivity contribution in [2.45, 2.75) is 75.6 Å². The van der Waals surface area contributed by atoms with Crippen LogP contribution >= 0.6 is 0 Å². The highest BCUT2D eigenvalue weighted by Gasteiger charge is 2.40. The Labute approximate surface area is 110 Å². The first-order valence-corrected chi connectivity index (χ1v) is 7.82. The number of ether oxygens (including phenoxy) is 1. The van der Waals surface area contributed by atoms with Crippen molar-refractivity contribution < 1.29 is 9.84 Å². The summed E-state index contributed by atoms with van der Waals surface area (Å²) in [5.41, 5.74) is 0.261. The molecule has 0 aromatic rings. The van der Waals surface area contributed by atoms with Crippen molar-refractivity contribution in [3.05, 3.63) is 0 Å². The van der Waals surface area contributed by atoms with Gasteiger partial charge in [0, 0.05) is 6.54 Å². The summed E-state index contributed by atoms with van der Waals surface area (Å²) in [6.45, 7) is 2.07. The van der Waals surface area contributed by atoms with Gasteiger partial charge in [-0.1, -0.05) is 19.3 Å². The normalized spacial score (nSPS) is 38.8. The molecule has 1 saturated heterocycles. The van der Waals surface area contributed by atoms with Gasteiger partial charge in [-0.3, -0.25) is 0 Å². The highest BCUT2D eigenvalue weighted by molar-refractivity contribution is 4.92. The van der Waals surface area contributed by atoms with E-state index in [0.717, 1.165) is 25.9 Å². The van der Waals surface area contributed by atoms with Gasteiger partial charge in [0.25, 0.3) is 0 Å². The second kappa shape index (κ2) is 5.48. The Morgan fingerprint density at radius 3 is 2.56 bits per heavy atom. The van der Waals surface area contributed by atoms with E-state index in [1.807, 2.05) is 0 Å². The van der Waals surface area contributed by atoms with E-state index in [1.165, 1.54) is 44.9 Å². The molecule has 3 fully saturated rings. The zero-order valence-corrected chi connectivity index (χ0v) is 11.4. The fourth-order valence-electron chi connectivity index (χ4n) is 3.92. The van der Waals surface area contributed by atoms with Crippen LogP contribution < -0.4 is 5.32 Å². The first kappa shape index (κ1) is 12.9. The SMILES string of the molecule is OC1CC(CNCC2CCC3(CCCCC3)O2)C1. The van der Waals surface area contributed by atoms with Crippen molar-refractivity contribution in [1.29, 1.82) is 0 Å². The summed E-state index contributed by atoms with van der Waals surface area (Å²) >= 11 is 0. The molecule has 0 amide bonds. The highest BCUT2D eigenvalue weighted by atomic mass is 16.5. The van der Waals surface area contributed by atoms with Crippen molar-refractivity contribution in [3.8, 4) is 0 Å². The Balaban J connectivity index is 1.34. The van der Waals surface area contributed by atoms with Gasteiger partial charge < -0.3 is 15.2 Å². The maximum atomic E-state index is 9.24. The van der Waals surface area contributed by atoms with Crippen LogP contribution in [0.2, 0.25) is 0 Å². The van der Waals surface area contributed by atoms with Gasteiger partial charge in [-0.15, -0.1) is 0 Å². The van der Waals surface area contributed by atoms with Crippen molar-refractivity contribution in [3.63, 3.8) is 0 Å². The molecule has 2 N–H and O–H groups in total. The smallest absolute Gasteiger partial charge is 0.0708 e. The van der Waals surface area contributed by atoms with E-state index >= 15 is 0 Å². The van der Waals surface area contributed by atoms with Crippen LogP contribution in [0.5, 0.6) is 0 Å². The van der Waals surface area contributed by atoms with Crippen LogP contribution in [0.4, 0.5) is 0 Å². The topological polar surface area (TPSA) is 41.5 Å². The molecule has 1 heterocycles.